The van der Waals surface area contributed by atoms with Gasteiger partial charge in [0, 0.05) is 6.61 Å². The number of hydrogen-bond acceptors (Lipinski definition) is 5. The Morgan fingerprint density at radius 3 is 3.12 bits per heavy atom. The Kier molecular flexibility index (Phi) is 3.90. The maximum atomic E-state index is 5.42. The lowest BCUT2D eigenvalue weighted by Gasteiger charge is -2.19. The molecule has 90 valence electrons. The molecule has 5 nitrogen and oxygen atoms in total. The van der Waals surface area contributed by atoms with Crippen molar-refractivity contribution in [1.82, 2.24) is 15.5 Å². The first kappa shape index (κ1) is 11.5. The van der Waals surface area contributed by atoms with Gasteiger partial charge in [-0.15, -0.1) is 0 Å². The smallest absolute Gasteiger partial charge is 0.243 e. The number of rotatable bonds is 4. The molecule has 0 saturated carbocycles. The van der Waals surface area contributed by atoms with Gasteiger partial charge < -0.3 is 14.6 Å². The lowest BCUT2D eigenvalue weighted by atomic mass is 10.1. The number of nitrogens with one attached hydrogen (secondary N) is 1. The average Bonchev–Trinajstić information content (AvgIpc) is 2.80. The Balaban J connectivity index is 2.00. The molecule has 5 heteroatoms. The molecule has 1 aromatic heterocycles. The van der Waals surface area contributed by atoms with E-state index in [1.807, 2.05) is 13.8 Å². The molecule has 0 radical (unpaired) electrons. The van der Waals surface area contributed by atoms with Crippen LogP contribution in [0.1, 0.15) is 57.0 Å². The highest BCUT2D eigenvalue weighted by Gasteiger charge is 2.22. The van der Waals surface area contributed by atoms with Gasteiger partial charge in [-0.2, -0.15) is 4.98 Å². The predicted octanol–water partition coefficient (Wildman–Crippen LogP) is 1.98. The van der Waals surface area contributed by atoms with Crippen LogP contribution < -0.4 is 5.32 Å². The molecule has 2 atom stereocenters. The third-order valence-corrected chi connectivity index (χ3v) is 2.85. The highest BCUT2D eigenvalue weighted by atomic mass is 16.5. The highest BCUT2D eigenvalue weighted by Crippen LogP contribution is 2.23. The zero-order valence-corrected chi connectivity index (χ0v) is 9.90. The molecule has 1 aromatic rings. The predicted molar refractivity (Wildman–Crippen MR) is 58.9 cm³/mol. The second-order valence-corrected chi connectivity index (χ2v) is 4.09. The maximum Gasteiger partial charge on any atom is 0.243 e. The van der Waals surface area contributed by atoms with E-state index in [0.29, 0.717) is 18.3 Å². The highest BCUT2D eigenvalue weighted by molar-refractivity contribution is 4.96. The van der Waals surface area contributed by atoms with Crippen LogP contribution in [0.3, 0.4) is 0 Å². The Bertz CT molecular complexity index is 321. The van der Waals surface area contributed by atoms with Crippen LogP contribution in [0, 0.1) is 0 Å². The molecule has 0 bridgehead atoms. The van der Waals surface area contributed by atoms with E-state index in [9.17, 15) is 0 Å². The first-order chi connectivity index (χ1) is 7.81. The van der Waals surface area contributed by atoms with Crippen LogP contribution in [-0.2, 0) is 4.74 Å². The largest absolute Gasteiger partial charge is 0.371 e. The molecule has 16 heavy (non-hydrogen) atoms. The van der Waals surface area contributed by atoms with Gasteiger partial charge >= 0.3 is 0 Å². The number of aromatic nitrogens is 2. The van der Waals surface area contributed by atoms with Crippen LogP contribution in [0.15, 0.2) is 4.52 Å². The molecule has 0 spiro atoms. The summed E-state index contributed by atoms with van der Waals surface area (Å²) in [6.07, 6.45) is 3.43. The maximum absolute atomic E-state index is 5.42. The Morgan fingerprint density at radius 1 is 1.56 bits per heavy atom. The Hall–Kier alpha value is -0.940. The van der Waals surface area contributed by atoms with Gasteiger partial charge in [-0.3, -0.25) is 0 Å². The van der Waals surface area contributed by atoms with Crippen molar-refractivity contribution >= 4 is 0 Å². The number of piperidine rings is 1. The summed E-state index contributed by atoms with van der Waals surface area (Å²) < 4.78 is 10.7. The number of ether oxygens (including phenoxy) is 1. The van der Waals surface area contributed by atoms with E-state index < -0.39 is 0 Å². The molecule has 0 aromatic carbocycles. The molecular weight excluding hydrogens is 206 g/mol. The van der Waals surface area contributed by atoms with E-state index in [4.69, 9.17) is 9.26 Å². The summed E-state index contributed by atoms with van der Waals surface area (Å²) >= 11 is 0. The van der Waals surface area contributed by atoms with Gasteiger partial charge in [0.2, 0.25) is 5.89 Å². The second kappa shape index (κ2) is 5.41. The molecule has 1 unspecified atom stereocenters. The van der Waals surface area contributed by atoms with Crippen molar-refractivity contribution in [2.45, 2.75) is 45.3 Å². The van der Waals surface area contributed by atoms with Crippen LogP contribution in [0.5, 0.6) is 0 Å². The van der Waals surface area contributed by atoms with E-state index >= 15 is 0 Å². The minimum Gasteiger partial charge on any atom is -0.371 e. The average molecular weight is 225 g/mol. The minimum atomic E-state index is -0.0916. The topological polar surface area (TPSA) is 60.2 Å². The van der Waals surface area contributed by atoms with Crippen molar-refractivity contribution in [3.63, 3.8) is 0 Å². The van der Waals surface area contributed by atoms with Gasteiger partial charge in [0.1, 0.15) is 6.10 Å². The first-order valence-electron chi connectivity index (χ1n) is 5.99. The molecule has 2 rings (SSSR count). The number of hydrogen-bond donors (Lipinski definition) is 1. The van der Waals surface area contributed by atoms with Gasteiger partial charge in [0.05, 0.1) is 6.04 Å². The monoisotopic (exact) mass is 225 g/mol. The standard InChI is InChI=1S/C11H19N3O2/c1-3-15-8(2)10-13-11(16-14-10)9-6-4-5-7-12-9/h8-9,12H,3-7H2,1-2H3/t8?,9-/m0/s1. The summed E-state index contributed by atoms with van der Waals surface area (Å²) in [5, 5.41) is 7.34. The van der Waals surface area contributed by atoms with Crippen LogP contribution >= 0.6 is 0 Å². The third-order valence-electron chi connectivity index (χ3n) is 2.85. The first-order valence-corrected chi connectivity index (χ1v) is 5.99. The summed E-state index contributed by atoms with van der Waals surface area (Å²) in [5.74, 6) is 1.34. The SMILES string of the molecule is CCOC(C)c1noc([C@@H]2CCCCN2)n1. The Labute approximate surface area is 95.6 Å². The van der Waals surface area contributed by atoms with E-state index in [-0.39, 0.29) is 12.1 Å². The summed E-state index contributed by atoms with van der Waals surface area (Å²) in [6.45, 7) is 5.59. The van der Waals surface area contributed by atoms with Crippen molar-refractivity contribution in [3.05, 3.63) is 11.7 Å². The van der Waals surface area contributed by atoms with Crippen molar-refractivity contribution in [2.24, 2.45) is 0 Å². The quantitative estimate of drug-likeness (QED) is 0.849. The van der Waals surface area contributed by atoms with Crippen LogP contribution in [0.4, 0.5) is 0 Å². The third kappa shape index (κ3) is 2.59. The lowest BCUT2D eigenvalue weighted by molar-refractivity contribution is 0.0683. The fraction of sp³-hybridized carbons (Fsp3) is 0.818. The van der Waals surface area contributed by atoms with Crippen molar-refractivity contribution in [1.29, 1.82) is 0 Å². The summed E-state index contributed by atoms with van der Waals surface area (Å²) in [6, 6.07) is 0.226. The molecule has 0 aliphatic carbocycles. The van der Waals surface area contributed by atoms with Crippen LogP contribution in [0.25, 0.3) is 0 Å². The second-order valence-electron chi connectivity index (χ2n) is 4.09. The van der Waals surface area contributed by atoms with E-state index in [2.05, 4.69) is 15.5 Å². The molecule has 1 N–H and O–H groups in total. The minimum absolute atomic E-state index is 0.0916. The molecule has 2 heterocycles. The lowest BCUT2D eigenvalue weighted by Crippen LogP contribution is -2.27. The molecule has 1 saturated heterocycles. The zero-order chi connectivity index (χ0) is 11.4. The fourth-order valence-electron chi connectivity index (χ4n) is 1.94. The van der Waals surface area contributed by atoms with Gasteiger partial charge in [-0.1, -0.05) is 11.6 Å². The van der Waals surface area contributed by atoms with Gasteiger partial charge in [-0.25, -0.2) is 0 Å². The van der Waals surface area contributed by atoms with Gasteiger partial charge in [0.15, 0.2) is 5.82 Å². The molecular formula is C11H19N3O2. The van der Waals surface area contributed by atoms with Gasteiger partial charge in [0.25, 0.3) is 0 Å². The normalized spacial score (nSPS) is 23.2. The fourth-order valence-corrected chi connectivity index (χ4v) is 1.94. The van der Waals surface area contributed by atoms with Crippen molar-refractivity contribution in [2.75, 3.05) is 13.2 Å². The van der Waals surface area contributed by atoms with E-state index in [1.165, 1.54) is 12.8 Å². The summed E-state index contributed by atoms with van der Waals surface area (Å²) in [7, 11) is 0. The summed E-state index contributed by atoms with van der Waals surface area (Å²) in [4.78, 5) is 4.39. The van der Waals surface area contributed by atoms with Crippen molar-refractivity contribution < 1.29 is 9.26 Å². The van der Waals surface area contributed by atoms with E-state index in [1.54, 1.807) is 0 Å². The van der Waals surface area contributed by atoms with Gasteiger partial charge in [-0.05, 0) is 33.2 Å². The van der Waals surface area contributed by atoms with Crippen LogP contribution in [-0.4, -0.2) is 23.3 Å². The number of nitrogens with zero attached hydrogens (tertiary/aromatic N) is 2. The Morgan fingerprint density at radius 2 is 2.44 bits per heavy atom. The molecule has 0 amide bonds. The molecule has 1 aliphatic rings. The van der Waals surface area contributed by atoms with Crippen LogP contribution in [0.2, 0.25) is 0 Å². The zero-order valence-electron chi connectivity index (χ0n) is 9.90. The molecule has 1 aliphatic heterocycles. The van der Waals surface area contributed by atoms with Crippen molar-refractivity contribution in [3.8, 4) is 0 Å². The summed E-state index contributed by atoms with van der Waals surface area (Å²) in [5.41, 5.74) is 0. The molecule has 1 fully saturated rings. The van der Waals surface area contributed by atoms with E-state index in [0.717, 1.165) is 13.0 Å².